The Labute approximate surface area is 142 Å². The molecular formula is C14H21Cl2N3OS. The molecule has 3 rings (SSSR count). The molecule has 0 spiro atoms. The van der Waals surface area contributed by atoms with Crippen LogP contribution in [0, 0.1) is 0 Å². The van der Waals surface area contributed by atoms with Gasteiger partial charge in [-0.1, -0.05) is 12.1 Å². The van der Waals surface area contributed by atoms with Gasteiger partial charge in [0.25, 0.3) is 0 Å². The van der Waals surface area contributed by atoms with Gasteiger partial charge in [-0.25, -0.2) is 0 Å². The molecule has 0 bridgehead atoms. The summed E-state index contributed by atoms with van der Waals surface area (Å²) in [5.74, 6) is 1.22. The number of piperazine rings is 1. The summed E-state index contributed by atoms with van der Waals surface area (Å²) in [6.07, 6.45) is 0. The minimum absolute atomic E-state index is 0. The number of fused-ring (bicyclic) bond motifs is 1. The van der Waals surface area contributed by atoms with Crippen LogP contribution < -0.4 is 10.2 Å². The zero-order valence-corrected chi connectivity index (χ0v) is 14.2. The van der Waals surface area contributed by atoms with Crippen molar-refractivity contribution in [3.8, 4) is 0 Å². The third-order valence-electron chi connectivity index (χ3n) is 3.60. The maximum absolute atomic E-state index is 12.5. The highest BCUT2D eigenvalue weighted by atomic mass is 35.5. The number of carbonyl (C=O) groups is 1. The molecule has 21 heavy (non-hydrogen) atoms. The fourth-order valence-corrected chi connectivity index (χ4v) is 3.57. The second-order valence-electron chi connectivity index (χ2n) is 4.89. The number of hydrogen-bond donors (Lipinski definition) is 1. The molecule has 1 aromatic carbocycles. The van der Waals surface area contributed by atoms with E-state index in [4.69, 9.17) is 0 Å². The zero-order chi connectivity index (χ0) is 13.1. The summed E-state index contributed by atoms with van der Waals surface area (Å²) >= 11 is 1.84. The summed E-state index contributed by atoms with van der Waals surface area (Å²) < 4.78 is 0. The van der Waals surface area contributed by atoms with Crippen molar-refractivity contribution in [1.29, 1.82) is 0 Å². The van der Waals surface area contributed by atoms with E-state index in [1.165, 1.54) is 4.90 Å². The Morgan fingerprint density at radius 1 is 1.14 bits per heavy atom. The fraction of sp³-hybridized carbons (Fsp3) is 0.500. The molecule has 0 atom stereocenters. The number of halogens is 2. The number of nitrogens with one attached hydrogen (secondary N) is 1. The van der Waals surface area contributed by atoms with Crippen LogP contribution in [-0.2, 0) is 4.79 Å². The van der Waals surface area contributed by atoms with E-state index in [1.54, 1.807) is 0 Å². The molecule has 1 amide bonds. The lowest BCUT2D eigenvalue weighted by molar-refractivity contribution is -0.119. The van der Waals surface area contributed by atoms with Crippen molar-refractivity contribution in [3.63, 3.8) is 0 Å². The molecule has 2 heterocycles. The Kier molecular flexibility index (Phi) is 7.84. The van der Waals surface area contributed by atoms with Crippen LogP contribution in [0.1, 0.15) is 0 Å². The summed E-state index contributed by atoms with van der Waals surface area (Å²) in [5, 5.41) is 3.31. The minimum Gasteiger partial charge on any atom is -0.314 e. The first-order chi connectivity index (χ1) is 9.34. The van der Waals surface area contributed by atoms with Gasteiger partial charge in [0.1, 0.15) is 0 Å². The number of benzene rings is 1. The average molecular weight is 350 g/mol. The van der Waals surface area contributed by atoms with Crippen LogP contribution in [0.15, 0.2) is 29.2 Å². The number of hydrogen-bond acceptors (Lipinski definition) is 4. The number of amides is 1. The molecule has 0 aromatic heterocycles. The standard InChI is InChI=1S/C14H19N3OS.2ClH/c18-14(11-16-7-5-15-6-8-16)17-9-10-19-13-4-2-1-3-12(13)17;;/h1-4,15H,5-11H2;2*1H. The van der Waals surface area contributed by atoms with E-state index in [-0.39, 0.29) is 30.7 Å². The number of carbonyl (C=O) groups excluding carboxylic acids is 1. The molecule has 1 aromatic rings. The van der Waals surface area contributed by atoms with Crippen molar-refractivity contribution in [2.45, 2.75) is 4.90 Å². The van der Waals surface area contributed by atoms with Crippen LogP contribution >= 0.6 is 36.6 Å². The molecule has 0 aliphatic carbocycles. The van der Waals surface area contributed by atoms with Gasteiger partial charge in [0.2, 0.25) is 5.91 Å². The van der Waals surface area contributed by atoms with Gasteiger partial charge in [-0.15, -0.1) is 36.6 Å². The molecule has 7 heteroatoms. The SMILES string of the molecule is Cl.Cl.O=C(CN1CCNCC1)N1CCSc2ccccc21. The van der Waals surface area contributed by atoms with E-state index in [1.807, 2.05) is 28.8 Å². The lowest BCUT2D eigenvalue weighted by Gasteiger charge is -2.32. The van der Waals surface area contributed by atoms with Crippen molar-refractivity contribution >= 4 is 48.2 Å². The minimum atomic E-state index is 0. The van der Waals surface area contributed by atoms with Crippen molar-refractivity contribution in [2.75, 3.05) is 49.9 Å². The highest BCUT2D eigenvalue weighted by Crippen LogP contribution is 2.34. The van der Waals surface area contributed by atoms with Gasteiger partial charge in [0.05, 0.1) is 12.2 Å². The molecular weight excluding hydrogens is 329 g/mol. The van der Waals surface area contributed by atoms with Crippen LogP contribution in [0.25, 0.3) is 0 Å². The third-order valence-corrected chi connectivity index (χ3v) is 4.64. The van der Waals surface area contributed by atoms with Crippen LogP contribution in [0.5, 0.6) is 0 Å². The van der Waals surface area contributed by atoms with Gasteiger partial charge in [-0.2, -0.15) is 0 Å². The average Bonchev–Trinajstić information content (AvgIpc) is 2.47. The van der Waals surface area contributed by atoms with Crippen LogP contribution in [0.3, 0.4) is 0 Å². The van der Waals surface area contributed by atoms with Crippen molar-refractivity contribution in [3.05, 3.63) is 24.3 Å². The number of anilines is 1. The van der Waals surface area contributed by atoms with Gasteiger partial charge < -0.3 is 10.2 Å². The Bertz CT molecular complexity index is 469. The van der Waals surface area contributed by atoms with Gasteiger partial charge in [0.15, 0.2) is 0 Å². The monoisotopic (exact) mass is 349 g/mol. The number of rotatable bonds is 2. The number of thioether (sulfide) groups is 1. The smallest absolute Gasteiger partial charge is 0.241 e. The predicted molar refractivity (Wildman–Crippen MR) is 93.3 cm³/mol. The molecule has 0 radical (unpaired) electrons. The predicted octanol–water partition coefficient (Wildman–Crippen LogP) is 1.87. The number of para-hydroxylation sites is 1. The maximum atomic E-state index is 12.5. The summed E-state index contributed by atoms with van der Waals surface area (Å²) in [4.78, 5) is 17.9. The molecule has 118 valence electrons. The summed E-state index contributed by atoms with van der Waals surface area (Å²) in [5.41, 5.74) is 1.08. The highest BCUT2D eigenvalue weighted by Gasteiger charge is 2.24. The number of nitrogens with zero attached hydrogens (tertiary/aromatic N) is 2. The fourth-order valence-electron chi connectivity index (χ4n) is 2.57. The largest absolute Gasteiger partial charge is 0.314 e. The first-order valence-electron chi connectivity index (χ1n) is 6.80. The van der Waals surface area contributed by atoms with Gasteiger partial charge in [-0.05, 0) is 12.1 Å². The first kappa shape index (κ1) is 18.6. The van der Waals surface area contributed by atoms with Gasteiger partial charge in [0, 0.05) is 43.4 Å². The normalized spacial score (nSPS) is 18.2. The quantitative estimate of drug-likeness (QED) is 0.884. The van der Waals surface area contributed by atoms with E-state index < -0.39 is 0 Å². The van der Waals surface area contributed by atoms with Crippen molar-refractivity contribution in [2.24, 2.45) is 0 Å². The Hall–Kier alpha value is -0.460. The molecule has 1 saturated heterocycles. The van der Waals surface area contributed by atoms with Crippen molar-refractivity contribution in [1.82, 2.24) is 10.2 Å². The summed E-state index contributed by atoms with van der Waals surface area (Å²) in [7, 11) is 0. The molecule has 4 nitrogen and oxygen atoms in total. The van der Waals surface area contributed by atoms with E-state index in [9.17, 15) is 4.79 Å². The van der Waals surface area contributed by atoms with Crippen LogP contribution in [0.4, 0.5) is 5.69 Å². The molecule has 2 aliphatic heterocycles. The molecule has 1 N–H and O–H groups in total. The Balaban J connectivity index is 0.00000110. The van der Waals surface area contributed by atoms with Gasteiger partial charge in [-0.3, -0.25) is 9.69 Å². The Morgan fingerprint density at radius 2 is 1.86 bits per heavy atom. The lowest BCUT2D eigenvalue weighted by atomic mass is 10.2. The maximum Gasteiger partial charge on any atom is 0.241 e. The van der Waals surface area contributed by atoms with E-state index in [0.717, 1.165) is 44.2 Å². The van der Waals surface area contributed by atoms with Crippen LogP contribution in [0.2, 0.25) is 0 Å². The Morgan fingerprint density at radius 3 is 2.62 bits per heavy atom. The second kappa shape index (κ2) is 8.86. The molecule has 1 fully saturated rings. The third kappa shape index (κ3) is 4.50. The lowest BCUT2D eigenvalue weighted by Crippen LogP contribution is -2.49. The molecule has 0 unspecified atom stereocenters. The highest BCUT2D eigenvalue weighted by molar-refractivity contribution is 7.99. The zero-order valence-electron chi connectivity index (χ0n) is 11.8. The molecule has 0 saturated carbocycles. The van der Waals surface area contributed by atoms with Crippen molar-refractivity contribution < 1.29 is 4.79 Å². The second-order valence-corrected chi connectivity index (χ2v) is 6.02. The molecule has 2 aliphatic rings. The van der Waals surface area contributed by atoms with E-state index in [0.29, 0.717) is 6.54 Å². The van der Waals surface area contributed by atoms with E-state index >= 15 is 0 Å². The topological polar surface area (TPSA) is 35.6 Å². The van der Waals surface area contributed by atoms with Crippen LogP contribution in [-0.4, -0.2) is 55.8 Å². The summed E-state index contributed by atoms with van der Waals surface area (Å²) in [6, 6.07) is 8.20. The summed E-state index contributed by atoms with van der Waals surface area (Å²) in [6.45, 7) is 5.28. The van der Waals surface area contributed by atoms with E-state index in [2.05, 4.69) is 22.3 Å². The first-order valence-corrected chi connectivity index (χ1v) is 7.78. The van der Waals surface area contributed by atoms with Gasteiger partial charge >= 0.3 is 0 Å².